The van der Waals surface area contributed by atoms with Crippen molar-refractivity contribution < 1.29 is 28.3 Å². The zero-order valence-electron chi connectivity index (χ0n) is 18.0. The van der Waals surface area contributed by atoms with Gasteiger partial charge in [0.1, 0.15) is 36.6 Å². The Morgan fingerprint density at radius 2 is 1.97 bits per heavy atom. The highest BCUT2D eigenvalue weighted by Gasteiger charge is 2.40. The smallest absolute Gasteiger partial charge is 0.351 e. The molecular formula is C22H22N4O7. The molecule has 0 spiro atoms. The molecule has 33 heavy (non-hydrogen) atoms. The predicted molar refractivity (Wildman–Crippen MR) is 115 cm³/mol. The summed E-state index contributed by atoms with van der Waals surface area (Å²) in [7, 11) is 0. The van der Waals surface area contributed by atoms with E-state index in [1.165, 1.54) is 24.6 Å². The van der Waals surface area contributed by atoms with Crippen molar-refractivity contribution >= 4 is 17.8 Å². The molecular weight excluding hydrogens is 432 g/mol. The van der Waals surface area contributed by atoms with E-state index >= 15 is 0 Å². The third-order valence-electron chi connectivity index (χ3n) is 5.08. The number of carbonyl (C=O) groups excluding carboxylic acids is 2. The molecule has 3 aromatic rings. The van der Waals surface area contributed by atoms with E-state index in [1.807, 2.05) is 30.3 Å². The van der Waals surface area contributed by atoms with Crippen LogP contribution in [0.3, 0.4) is 0 Å². The minimum Gasteiger partial charge on any atom is -0.463 e. The molecule has 3 atom stereocenters. The van der Waals surface area contributed by atoms with Gasteiger partial charge in [0.25, 0.3) is 0 Å². The fourth-order valence-corrected chi connectivity index (χ4v) is 3.58. The second-order valence-electron chi connectivity index (χ2n) is 7.49. The van der Waals surface area contributed by atoms with Gasteiger partial charge in [-0.3, -0.25) is 14.2 Å². The lowest BCUT2D eigenvalue weighted by atomic mass is 10.1. The molecule has 0 unspecified atom stereocenters. The van der Waals surface area contributed by atoms with E-state index in [9.17, 15) is 14.4 Å². The Labute approximate surface area is 188 Å². The number of hydrogen-bond donors (Lipinski definition) is 1. The van der Waals surface area contributed by atoms with Crippen LogP contribution >= 0.6 is 0 Å². The molecule has 11 heteroatoms. The first kappa shape index (κ1) is 22.2. The van der Waals surface area contributed by atoms with Crippen LogP contribution < -0.4 is 11.4 Å². The van der Waals surface area contributed by atoms with E-state index in [4.69, 9.17) is 24.5 Å². The van der Waals surface area contributed by atoms with Crippen molar-refractivity contribution in [2.45, 2.75) is 38.7 Å². The van der Waals surface area contributed by atoms with Crippen LogP contribution in [-0.2, 0) is 23.8 Å². The van der Waals surface area contributed by atoms with Crippen LogP contribution in [0.4, 0.5) is 5.82 Å². The molecule has 1 saturated heterocycles. The Kier molecular flexibility index (Phi) is 6.22. The minimum atomic E-state index is -0.824. The van der Waals surface area contributed by atoms with Gasteiger partial charge in [-0.15, -0.1) is 0 Å². The standard InChI is InChI=1S/C22H22N4O7/c1-12(27)30-11-19-18(31-13(2)28)9-20(32-19)26-10-15(21(23)24-22(26)29)16-8-17(33-25-16)14-6-4-3-5-7-14/h3-8,10,18-20H,9,11H2,1-2H3,(H2,23,24,29)/t18-,19+,20+/m0/s1. The highest BCUT2D eigenvalue weighted by molar-refractivity contribution is 5.73. The molecule has 1 aliphatic heterocycles. The predicted octanol–water partition coefficient (Wildman–Crippen LogP) is 1.93. The Hall–Kier alpha value is -3.99. The van der Waals surface area contributed by atoms with Crippen molar-refractivity contribution in [2.75, 3.05) is 12.3 Å². The minimum absolute atomic E-state index is 0.0184. The van der Waals surface area contributed by atoms with E-state index in [2.05, 4.69) is 10.1 Å². The number of nitrogens with two attached hydrogens (primary N) is 1. The maximum Gasteiger partial charge on any atom is 0.351 e. The van der Waals surface area contributed by atoms with E-state index in [-0.39, 0.29) is 18.8 Å². The van der Waals surface area contributed by atoms with Crippen molar-refractivity contribution in [3.63, 3.8) is 0 Å². The number of nitrogens with zero attached hydrogens (tertiary/aromatic N) is 3. The maximum atomic E-state index is 12.6. The zero-order valence-corrected chi connectivity index (χ0v) is 18.0. The molecule has 1 aromatic carbocycles. The Bertz CT molecular complexity index is 1220. The molecule has 11 nitrogen and oxygen atoms in total. The van der Waals surface area contributed by atoms with E-state index in [0.717, 1.165) is 5.56 Å². The molecule has 1 fully saturated rings. The number of aromatic nitrogens is 3. The number of nitrogen functional groups attached to an aromatic ring is 1. The number of anilines is 1. The molecule has 3 heterocycles. The fraction of sp³-hybridized carbons (Fsp3) is 0.318. The quantitative estimate of drug-likeness (QED) is 0.548. The summed E-state index contributed by atoms with van der Waals surface area (Å²) in [5.41, 5.74) is 6.93. The van der Waals surface area contributed by atoms with Gasteiger partial charge in [-0.1, -0.05) is 35.5 Å². The summed E-state index contributed by atoms with van der Waals surface area (Å²) in [4.78, 5) is 39.2. The second-order valence-corrected chi connectivity index (χ2v) is 7.49. The van der Waals surface area contributed by atoms with Crippen LogP contribution in [0, 0.1) is 0 Å². The van der Waals surface area contributed by atoms with Gasteiger partial charge in [0.15, 0.2) is 5.76 Å². The van der Waals surface area contributed by atoms with Gasteiger partial charge in [0.05, 0.1) is 5.56 Å². The maximum absolute atomic E-state index is 12.6. The molecule has 0 bridgehead atoms. The zero-order chi connectivity index (χ0) is 23.5. The highest BCUT2D eigenvalue weighted by atomic mass is 16.6. The van der Waals surface area contributed by atoms with Gasteiger partial charge in [-0.05, 0) is 0 Å². The molecule has 0 aliphatic carbocycles. The van der Waals surface area contributed by atoms with Crippen molar-refractivity contribution in [3.05, 3.63) is 53.1 Å². The second kappa shape index (κ2) is 9.25. The third-order valence-corrected chi connectivity index (χ3v) is 5.08. The summed E-state index contributed by atoms with van der Waals surface area (Å²) in [6, 6.07) is 11.1. The van der Waals surface area contributed by atoms with E-state index in [0.29, 0.717) is 17.0 Å². The largest absolute Gasteiger partial charge is 0.463 e. The average Bonchev–Trinajstić information content (AvgIpc) is 3.40. The SMILES string of the molecule is CC(=O)OC[C@H]1O[C@@H](n2cc(-c3cc(-c4ccccc4)on3)c(N)nc2=O)C[C@@H]1OC(C)=O. The number of benzene rings is 1. The normalized spacial score (nSPS) is 19.9. The van der Waals surface area contributed by atoms with Crippen LogP contribution in [0.15, 0.2) is 51.9 Å². The molecule has 0 amide bonds. The topological polar surface area (TPSA) is 149 Å². The Morgan fingerprint density at radius 3 is 2.67 bits per heavy atom. The lowest BCUT2D eigenvalue weighted by molar-refractivity contribution is -0.155. The van der Waals surface area contributed by atoms with Crippen LogP contribution in [0.5, 0.6) is 0 Å². The lowest BCUT2D eigenvalue weighted by Gasteiger charge is -2.17. The van der Waals surface area contributed by atoms with Crippen LogP contribution in [0.25, 0.3) is 22.6 Å². The molecule has 1 aliphatic rings. The van der Waals surface area contributed by atoms with Gasteiger partial charge >= 0.3 is 17.6 Å². The molecule has 2 aromatic heterocycles. The van der Waals surface area contributed by atoms with Crippen LogP contribution in [0.1, 0.15) is 26.5 Å². The van der Waals surface area contributed by atoms with Gasteiger partial charge < -0.3 is 24.5 Å². The van der Waals surface area contributed by atoms with Crippen molar-refractivity contribution in [3.8, 4) is 22.6 Å². The van der Waals surface area contributed by atoms with E-state index < -0.39 is 36.1 Å². The average molecular weight is 454 g/mol. The number of carbonyl (C=O) groups is 2. The number of ether oxygens (including phenoxy) is 3. The molecule has 0 radical (unpaired) electrons. The number of hydrogen-bond acceptors (Lipinski definition) is 10. The van der Waals surface area contributed by atoms with Crippen LogP contribution in [-0.4, -0.2) is 45.5 Å². The van der Waals surface area contributed by atoms with Gasteiger partial charge in [-0.25, -0.2) is 4.79 Å². The summed E-state index contributed by atoms with van der Waals surface area (Å²) in [5.74, 6) is -0.513. The number of esters is 2. The fourth-order valence-electron chi connectivity index (χ4n) is 3.58. The molecule has 2 N–H and O–H groups in total. The van der Waals surface area contributed by atoms with Gasteiger partial charge in [0, 0.05) is 38.1 Å². The first-order valence-electron chi connectivity index (χ1n) is 10.2. The van der Waals surface area contributed by atoms with Crippen LogP contribution in [0.2, 0.25) is 0 Å². The summed E-state index contributed by atoms with van der Waals surface area (Å²) in [5, 5.41) is 4.06. The van der Waals surface area contributed by atoms with Gasteiger partial charge in [0.2, 0.25) is 0 Å². The molecule has 172 valence electrons. The van der Waals surface area contributed by atoms with Crippen molar-refractivity contribution in [1.82, 2.24) is 14.7 Å². The van der Waals surface area contributed by atoms with Crippen molar-refractivity contribution in [2.24, 2.45) is 0 Å². The molecule has 4 rings (SSSR count). The lowest BCUT2D eigenvalue weighted by Crippen LogP contribution is -2.31. The Balaban J connectivity index is 1.63. The summed E-state index contributed by atoms with van der Waals surface area (Å²) in [6.45, 7) is 2.40. The molecule has 0 saturated carbocycles. The summed E-state index contributed by atoms with van der Waals surface area (Å²) >= 11 is 0. The monoisotopic (exact) mass is 454 g/mol. The van der Waals surface area contributed by atoms with Crippen molar-refractivity contribution in [1.29, 1.82) is 0 Å². The summed E-state index contributed by atoms with van der Waals surface area (Å²) < 4.78 is 22.9. The Morgan fingerprint density at radius 1 is 1.21 bits per heavy atom. The number of rotatable bonds is 6. The first-order valence-corrected chi connectivity index (χ1v) is 10.2. The third kappa shape index (κ3) is 4.93. The van der Waals surface area contributed by atoms with Gasteiger partial charge in [-0.2, -0.15) is 4.98 Å². The van der Waals surface area contributed by atoms with E-state index in [1.54, 1.807) is 6.07 Å². The summed E-state index contributed by atoms with van der Waals surface area (Å²) in [6.07, 6.45) is -0.649. The highest BCUT2D eigenvalue weighted by Crippen LogP contribution is 2.33. The first-order chi connectivity index (χ1) is 15.8.